The van der Waals surface area contributed by atoms with Crippen LogP contribution in [-0.4, -0.2) is 62.9 Å². The van der Waals surface area contributed by atoms with Crippen LogP contribution >= 0.6 is 0 Å². The van der Waals surface area contributed by atoms with Crippen LogP contribution < -0.4 is 10.5 Å². The molecule has 2 aliphatic rings. The number of hydrogen-bond donors (Lipinski definition) is 2. The van der Waals surface area contributed by atoms with Gasteiger partial charge in [-0.15, -0.1) is 0 Å². The smallest absolute Gasteiger partial charge is 0.279 e. The number of rotatable bonds is 4. The van der Waals surface area contributed by atoms with Gasteiger partial charge in [0, 0.05) is 25.2 Å². The van der Waals surface area contributed by atoms with Crippen molar-refractivity contribution in [3.05, 3.63) is 0 Å². The molecule has 2 saturated heterocycles. The van der Waals surface area contributed by atoms with E-state index in [-0.39, 0.29) is 0 Å². The topological polar surface area (TPSA) is 78.7 Å². The fraction of sp³-hybridized carbons (Fsp3) is 1.00. The molecule has 2 aliphatic heterocycles. The predicted octanol–water partition coefficient (Wildman–Crippen LogP) is -0.660. The van der Waals surface area contributed by atoms with E-state index in [1.807, 2.05) is 0 Å². The maximum Gasteiger partial charge on any atom is 0.279 e. The van der Waals surface area contributed by atoms with E-state index in [0.29, 0.717) is 19.6 Å². The largest absolute Gasteiger partial charge is 0.329 e. The van der Waals surface area contributed by atoms with Gasteiger partial charge >= 0.3 is 0 Å². The lowest BCUT2D eigenvalue weighted by Crippen LogP contribution is -2.60. The minimum atomic E-state index is -3.36. The Kier molecular flexibility index (Phi) is 4.28. The molecule has 2 heterocycles. The summed E-state index contributed by atoms with van der Waals surface area (Å²) in [5.74, 6) is 0. The van der Waals surface area contributed by atoms with Crippen LogP contribution in [0.4, 0.5) is 0 Å². The first-order valence-corrected chi connectivity index (χ1v) is 8.09. The molecule has 0 saturated carbocycles. The second-order valence-corrected chi connectivity index (χ2v) is 7.17. The summed E-state index contributed by atoms with van der Waals surface area (Å²) in [5, 5.41) is 0. The Morgan fingerprint density at radius 3 is 2.22 bits per heavy atom. The molecule has 7 heteroatoms. The highest BCUT2D eigenvalue weighted by Gasteiger charge is 2.38. The van der Waals surface area contributed by atoms with Crippen molar-refractivity contribution >= 4 is 10.2 Å². The molecule has 0 atom stereocenters. The average Bonchev–Trinajstić information content (AvgIpc) is 2.87. The Hall–Kier alpha value is -0.210. The predicted molar refractivity (Wildman–Crippen MR) is 71.4 cm³/mol. The van der Waals surface area contributed by atoms with Gasteiger partial charge < -0.3 is 10.6 Å². The van der Waals surface area contributed by atoms with Gasteiger partial charge in [-0.2, -0.15) is 17.4 Å². The van der Waals surface area contributed by atoms with E-state index in [9.17, 15) is 8.42 Å². The lowest BCUT2D eigenvalue weighted by molar-refractivity contribution is 0.180. The van der Waals surface area contributed by atoms with Crippen LogP contribution in [0.2, 0.25) is 0 Å². The number of nitrogens with one attached hydrogen (secondary N) is 1. The Labute approximate surface area is 110 Å². The highest BCUT2D eigenvalue weighted by molar-refractivity contribution is 7.87. The van der Waals surface area contributed by atoms with Gasteiger partial charge in [-0.3, -0.25) is 0 Å². The molecule has 0 radical (unpaired) electrons. The lowest BCUT2D eigenvalue weighted by Gasteiger charge is -2.40. The van der Waals surface area contributed by atoms with E-state index in [1.54, 1.807) is 4.31 Å². The zero-order valence-electron chi connectivity index (χ0n) is 11.1. The van der Waals surface area contributed by atoms with Crippen molar-refractivity contribution in [3.8, 4) is 0 Å². The van der Waals surface area contributed by atoms with Crippen molar-refractivity contribution in [1.29, 1.82) is 0 Å². The van der Waals surface area contributed by atoms with Crippen LogP contribution in [0.3, 0.4) is 0 Å². The Morgan fingerprint density at radius 2 is 1.72 bits per heavy atom. The van der Waals surface area contributed by atoms with Gasteiger partial charge in [0.2, 0.25) is 0 Å². The standard InChI is InChI=1S/C11H24N4O2S/c1-14-8-4-11(10-12,5-9-14)13-18(16,17)15-6-2-3-7-15/h13H,2-10,12H2,1H3. The molecule has 2 fully saturated rings. The molecular formula is C11H24N4O2S. The molecule has 0 aromatic carbocycles. The third kappa shape index (κ3) is 3.03. The highest BCUT2D eigenvalue weighted by Crippen LogP contribution is 2.23. The summed E-state index contributed by atoms with van der Waals surface area (Å²) >= 11 is 0. The van der Waals surface area contributed by atoms with Crippen LogP contribution in [0.25, 0.3) is 0 Å². The lowest BCUT2D eigenvalue weighted by atomic mass is 9.89. The minimum absolute atomic E-state index is 0.369. The molecule has 18 heavy (non-hydrogen) atoms. The molecule has 0 aromatic rings. The van der Waals surface area contributed by atoms with E-state index in [1.165, 1.54) is 0 Å². The Balaban J connectivity index is 2.05. The average molecular weight is 276 g/mol. The highest BCUT2D eigenvalue weighted by atomic mass is 32.2. The van der Waals surface area contributed by atoms with Gasteiger partial charge in [-0.1, -0.05) is 0 Å². The van der Waals surface area contributed by atoms with Crippen molar-refractivity contribution in [2.24, 2.45) is 5.73 Å². The molecule has 3 N–H and O–H groups in total. The summed E-state index contributed by atoms with van der Waals surface area (Å²) in [6.07, 6.45) is 3.48. The molecule has 0 amide bonds. The number of likely N-dealkylation sites (tertiary alicyclic amines) is 1. The molecule has 0 bridgehead atoms. The quantitative estimate of drug-likeness (QED) is 0.714. The zero-order valence-corrected chi connectivity index (χ0v) is 11.9. The molecule has 0 aliphatic carbocycles. The number of nitrogens with two attached hydrogens (primary N) is 1. The molecule has 2 rings (SSSR count). The first kappa shape index (κ1) is 14.2. The third-order valence-electron chi connectivity index (χ3n) is 4.09. The van der Waals surface area contributed by atoms with Crippen LogP contribution in [0, 0.1) is 0 Å². The first-order chi connectivity index (χ1) is 8.47. The van der Waals surface area contributed by atoms with E-state index < -0.39 is 15.7 Å². The van der Waals surface area contributed by atoms with Gasteiger partial charge in [0.15, 0.2) is 0 Å². The van der Waals surface area contributed by atoms with Gasteiger partial charge in [-0.05, 0) is 45.8 Å². The molecule has 106 valence electrons. The van der Waals surface area contributed by atoms with E-state index in [2.05, 4.69) is 16.7 Å². The molecule has 6 nitrogen and oxygen atoms in total. The van der Waals surface area contributed by atoms with Gasteiger partial charge in [0.05, 0.1) is 0 Å². The van der Waals surface area contributed by atoms with Gasteiger partial charge in [-0.25, -0.2) is 0 Å². The fourth-order valence-electron chi connectivity index (χ4n) is 2.66. The maximum absolute atomic E-state index is 12.3. The normalized spacial score (nSPS) is 26.6. The van der Waals surface area contributed by atoms with Crippen molar-refractivity contribution in [1.82, 2.24) is 13.9 Å². The molecule has 0 spiro atoms. The summed E-state index contributed by atoms with van der Waals surface area (Å²) in [6.45, 7) is 3.42. The zero-order chi connectivity index (χ0) is 13.2. The van der Waals surface area contributed by atoms with E-state index >= 15 is 0 Å². The van der Waals surface area contributed by atoms with Crippen LogP contribution in [-0.2, 0) is 10.2 Å². The number of nitrogens with zero attached hydrogens (tertiary/aromatic N) is 2. The summed E-state index contributed by atoms with van der Waals surface area (Å²) < 4.78 is 29.0. The Bertz CT molecular complexity index is 371. The molecule has 0 unspecified atom stereocenters. The summed E-state index contributed by atoms with van der Waals surface area (Å²) in [6, 6.07) is 0. The molecular weight excluding hydrogens is 252 g/mol. The van der Waals surface area contributed by atoms with Crippen molar-refractivity contribution in [2.75, 3.05) is 39.8 Å². The van der Waals surface area contributed by atoms with E-state index in [4.69, 9.17) is 5.73 Å². The minimum Gasteiger partial charge on any atom is -0.329 e. The number of hydrogen-bond acceptors (Lipinski definition) is 4. The molecule has 0 aromatic heterocycles. The van der Waals surface area contributed by atoms with E-state index in [0.717, 1.165) is 38.8 Å². The third-order valence-corrected chi connectivity index (χ3v) is 5.82. The van der Waals surface area contributed by atoms with Crippen molar-refractivity contribution < 1.29 is 8.42 Å². The summed E-state index contributed by atoms with van der Waals surface area (Å²) in [7, 11) is -1.31. The number of piperidine rings is 1. The van der Waals surface area contributed by atoms with Crippen molar-refractivity contribution in [2.45, 2.75) is 31.2 Å². The summed E-state index contributed by atoms with van der Waals surface area (Å²) in [4.78, 5) is 2.21. The first-order valence-electron chi connectivity index (χ1n) is 6.65. The SMILES string of the molecule is CN1CCC(CN)(NS(=O)(=O)N2CCCC2)CC1. The van der Waals surface area contributed by atoms with Crippen LogP contribution in [0.1, 0.15) is 25.7 Å². The van der Waals surface area contributed by atoms with Crippen molar-refractivity contribution in [3.63, 3.8) is 0 Å². The summed E-state index contributed by atoms with van der Waals surface area (Å²) in [5.41, 5.74) is 5.38. The fourth-order valence-corrected chi connectivity index (χ4v) is 4.36. The second kappa shape index (κ2) is 5.42. The monoisotopic (exact) mass is 276 g/mol. The van der Waals surface area contributed by atoms with Crippen LogP contribution in [0.5, 0.6) is 0 Å². The maximum atomic E-state index is 12.3. The second-order valence-electron chi connectivity index (χ2n) is 5.50. The van der Waals surface area contributed by atoms with Gasteiger partial charge in [0.1, 0.15) is 0 Å². The van der Waals surface area contributed by atoms with Gasteiger partial charge in [0.25, 0.3) is 10.2 Å². The van der Waals surface area contributed by atoms with Crippen LogP contribution in [0.15, 0.2) is 0 Å². The Morgan fingerprint density at radius 1 is 1.17 bits per heavy atom.